The number of likely N-dealkylation sites (tertiary alicyclic amines) is 1. The molecule has 1 saturated heterocycles. The minimum Gasteiger partial charge on any atom is -0.497 e. The van der Waals surface area contributed by atoms with Crippen LogP contribution in [-0.2, 0) is 9.59 Å². The first-order valence-corrected chi connectivity index (χ1v) is 11.3. The van der Waals surface area contributed by atoms with Gasteiger partial charge in [0.05, 0.1) is 19.6 Å². The Labute approximate surface area is 194 Å². The molecule has 7 nitrogen and oxygen atoms in total. The number of amides is 1. The van der Waals surface area contributed by atoms with E-state index in [1.165, 1.54) is 0 Å². The Morgan fingerprint density at radius 2 is 1.88 bits per heavy atom. The number of rotatable bonds is 8. The third-order valence-corrected chi connectivity index (χ3v) is 6.67. The van der Waals surface area contributed by atoms with E-state index in [4.69, 9.17) is 4.74 Å². The number of carbonyl (C=O) groups is 2. The summed E-state index contributed by atoms with van der Waals surface area (Å²) in [6, 6.07) is 15.1. The molecule has 33 heavy (non-hydrogen) atoms. The van der Waals surface area contributed by atoms with E-state index in [9.17, 15) is 14.7 Å². The van der Waals surface area contributed by atoms with Crippen LogP contribution in [0.4, 0.5) is 0 Å². The molecule has 0 radical (unpaired) electrons. The number of carboxylic acids is 1. The zero-order valence-electron chi connectivity index (χ0n) is 19.3. The third-order valence-electron chi connectivity index (χ3n) is 6.67. The van der Waals surface area contributed by atoms with Crippen molar-refractivity contribution >= 4 is 22.8 Å². The van der Waals surface area contributed by atoms with Gasteiger partial charge in [-0.2, -0.15) is 0 Å². The van der Waals surface area contributed by atoms with Crippen molar-refractivity contribution in [3.05, 3.63) is 65.9 Å². The highest BCUT2D eigenvalue weighted by Gasteiger charge is 2.48. The molecule has 2 N–H and O–H groups in total. The summed E-state index contributed by atoms with van der Waals surface area (Å²) in [5.41, 5.74) is 2.82. The number of H-pyrrole nitrogens is 1. The SMILES string of the molecule is CCCN(C)C(=O)CN1C[C@H](c2ccc3cc[nH]c3c2)[C@@H](C(=O)O)[C@@H]1c1ccc(OC)cc1. The van der Waals surface area contributed by atoms with E-state index in [0.29, 0.717) is 18.8 Å². The molecule has 174 valence electrons. The molecule has 2 heterocycles. The van der Waals surface area contributed by atoms with Gasteiger partial charge in [-0.1, -0.05) is 31.2 Å². The molecule has 3 atom stereocenters. The highest BCUT2D eigenvalue weighted by molar-refractivity contribution is 5.81. The van der Waals surface area contributed by atoms with Crippen LogP contribution in [0.1, 0.15) is 36.4 Å². The molecule has 1 aliphatic rings. The monoisotopic (exact) mass is 449 g/mol. The molecule has 1 aliphatic heterocycles. The number of aliphatic carboxylic acids is 1. The van der Waals surface area contributed by atoms with Crippen molar-refractivity contribution in [2.75, 3.05) is 33.8 Å². The summed E-state index contributed by atoms with van der Waals surface area (Å²) in [5.74, 6) is -1.08. The molecule has 7 heteroatoms. The van der Waals surface area contributed by atoms with Gasteiger partial charge < -0.3 is 19.7 Å². The highest BCUT2D eigenvalue weighted by atomic mass is 16.5. The van der Waals surface area contributed by atoms with Crippen LogP contribution in [0.15, 0.2) is 54.7 Å². The fraction of sp³-hybridized carbons (Fsp3) is 0.385. The lowest BCUT2D eigenvalue weighted by Gasteiger charge is -2.28. The van der Waals surface area contributed by atoms with E-state index in [2.05, 4.69) is 4.98 Å². The summed E-state index contributed by atoms with van der Waals surface area (Å²) in [6.07, 6.45) is 2.76. The summed E-state index contributed by atoms with van der Waals surface area (Å²) in [4.78, 5) is 32.5. The van der Waals surface area contributed by atoms with Crippen LogP contribution in [0.2, 0.25) is 0 Å². The van der Waals surface area contributed by atoms with E-state index >= 15 is 0 Å². The zero-order valence-corrected chi connectivity index (χ0v) is 19.3. The molecule has 4 rings (SSSR count). The number of ether oxygens (including phenoxy) is 1. The predicted octanol–water partition coefficient (Wildman–Crippen LogP) is 3.89. The minimum atomic E-state index is -0.857. The Morgan fingerprint density at radius 3 is 2.55 bits per heavy atom. The van der Waals surface area contributed by atoms with Crippen LogP contribution in [-0.4, -0.2) is 65.6 Å². The van der Waals surface area contributed by atoms with Crippen LogP contribution in [0.5, 0.6) is 5.75 Å². The molecular formula is C26H31N3O4. The van der Waals surface area contributed by atoms with Gasteiger partial charge in [-0.25, -0.2) is 0 Å². The van der Waals surface area contributed by atoms with E-state index in [0.717, 1.165) is 28.5 Å². The average Bonchev–Trinajstić information content (AvgIpc) is 3.43. The number of benzene rings is 2. The van der Waals surface area contributed by atoms with Crippen molar-refractivity contribution < 1.29 is 19.4 Å². The fourth-order valence-electron chi connectivity index (χ4n) is 4.98. The lowest BCUT2D eigenvalue weighted by Crippen LogP contribution is -2.39. The van der Waals surface area contributed by atoms with Crippen LogP contribution >= 0.6 is 0 Å². The molecule has 3 aromatic rings. The molecule has 1 amide bonds. The van der Waals surface area contributed by atoms with Crippen molar-refractivity contribution in [2.45, 2.75) is 25.3 Å². The van der Waals surface area contributed by atoms with Gasteiger partial charge in [-0.15, -0.1) is 0 Å². The number of fused-ring (bicyclic) bond motifs is 1. The van der Waals surface area contributed by atoms with E-state index in [-0.39, 0.29) is 18.4 Å². The van der Waals surface area contributed by atoms with Gasteiger partial charge in [-0.3, -0.25) is 14.5 Å². The Bertz CT molecular complexity index is 1120. The molecule has 0 saturated carbocycles. The van der Waals surface area contributed by atoms with Crippen molar-refractivity contribution in [3.63, 3.8) is 0 Å². The number of likely N-dealkylation sites (N-methyl/N-ethyl adjacent to an activating group) is 1. The second kappa shape index (κ2) is 9.67. The smallest absolute Gasteiger partial charge is 0.309 e. The largest absolute Gasteiger partial charge is 0.497 e. The lowest BCUT2D eigenvalue weighted by atomic mass is 9.82. The second-order valence-electron chi connectivity index (χ2n) is 8.76. The molecular weight excluding hydrogens is 418 g/mol. The quantitative estimate of drug-likeness (QED) is 0.545. The maximum absolute atomic E-state index is 12.9. The summed E-state index contributed by atoms with van der Waals surface area (Å²) >= 11 is 0. The fourth-order valence-corrected chi connectivity index (χ4v) is 4.98. The summed E-state index contributed by atoms with van der Waals surface area (Å²) in [6.45, 7) is 3.38. The first kappa shape index (κ1) is 22.9. The second-order valence-corrected chi connectivity index (χ2v) is 8.76. The topological polar surface area (TPSA) is 85.9 Å². The van der Waals surface area contributed by atoms with Crippen LogP contribution in [0, 0.1) is 5.92 Å². The Hall–Kier alpha value is -3.32. The molecule has 0 spiro atoms. The first-order chi connectivity index (χ1) is 15.9. The van der Waals surface area contributed by atoms with Crippen molar-refractivity contribution in [1.29, 1.82) is 0 Å². The number of carboxylic acid groups (broad SMARTS) is 1. The van der Waals surface area contributed by atoms with Crippen LogP contribution < -0.4 is 4.74 Å². The maximum atomic E-state index is 12.9. The molecule has 0 aliphatic carbocycles. The predicted molar refractivity (Wildman–Crippen MR) is 127 cm³/mol. The molecule has 1 fully saturated rings. The summed E-state index contributed by atoms with van der Waals surface area (Å²) < 4.78 is 5.29. The van der Waals surface area contributed by atoms with Gasteiger partial charge in [0.15, 0.2) is 0 Å². The maximum Gasteiger partial charge on any atom is 0.309 e. The van der Waals surface area contributed by atoms with Crippen molar-refractivity contribution in [3.8, 4) is 5.75 Å². The van der Waals surface area contributed by atoms with Crippen molar-refractivity contribution in [1.82, 2.24) is 14.8 Å². The molecule has 2 aromatic carbocycles. The zero-order chi connectivity index (χ0) is 23.5. The Balaban J connectivity index is 1.73. The van der Waals surface area contributed by atoms with Gasteiger partial charge >= 0.3 is 5.97 Å². The first-order valence-electron chi connectivity index (χ1n) is 11.3. The number of hydrogen-bond acceptors (Lipinski definition) is 4. The van der Waals surface area contributed by atoms with Gasteiger partial charge in [0.25, 0.3) is 0 Å². The van der Waals surface area contributed by atoms with Crippen LogP contribution in [0.25, 0.3) is 10.9 Å². The summed E-state index contributed by atoms with van der Waals surface area (Å²) in [5, 5.41) is 11.4. The van der Waals surface area contributed by atoms with E-state index in [1.807, 2.05) is 66.6 Å². The van der Waals surface area contributed by atoms with Gasteiger partial charge in [0.1, 0.15) is 5.75 Å². The number of aromatic amines is 1. The number of nitrogens with one attached hydrogen (secondary N) is 1. The Kier molecular flexibility index (Phi) is 6.70. The van der Waals surface area contributed by atoms with Crippen molar-refractivity contribution in [2.24, 2.45) is 5.92 Å². The van der Waals surface area contributed by atoms with E-state index in [1.54, 1.807) is 19.1 Å². The minimum absolute atomic E-state index is 0.0000273. The average molecular weight is 450 g/mol. The number of hydrogen-bond donors (Lipinski definition) is 2. The number of carbonyl (C=O) groups excluding carboxylic acids is 1. The number of methoxy groups -OCH3 is 1. The number of aromatic nitrogens is 1. The van der Waals surface area contributed by atoms with Gasteiger partial charge in [0.2, 0.25) is 5.91 Å². The molecule has 1 aromatic heterocycles. The molecule has 0 unspecified atom stereocenters. The summed E-state index contributed by atoms with van der Waals surface area (Å²) in [7, 11) is 3.40. The van der Waals surface area contributed by atoms with Gasteiger partial charge in [-0.05, 0) is 47.2 Å². The van der Waals surface area contributed by atoms with E-state index < -0.39 is 17.9 Å². The third kappa shape index (κ3) is 4.59. The highest BCUT2D eigenvalue weighted by Crippen LogP contribution is 2.46. The lowest BCUT2D eigenvalue weighted by molar-refractivity contribution is -0.143. The standard InChI is InChI=1S/C26H31N3O4/c1-4-13-28(2)23(30)16-29-15-21(19-6-5-17-11-12-27-22(17)14-19)24(26(31)32)25(29)18-7-9-20(33-3)10-8-18/h5-12,14,21,24-25,27H,4,13,15-16H2,1-3H3,(H,31,32)/t21-,24-,25+/m1/s1. The Morgan fingerprint density at radius 1 is 1.15 bits per heavy atom. The molecule has 0 bridgehead atoms. The van der Waals surface area contributed by atoms with Crippen LogP contribution in [0.3, 0.4) is 0 Å². The van der Waals surface area contributed by atoms with Gasteiger partial charge in [0, 0.05) is 43.8 Å². The normalized spacial score (nSPS) is 20.8. The number of nitrogens with zero attached hydrogens (tertiary/aromatic N) is 2.